The Bertz CT molecular complexity index is 865. The largest absolute Gasteiger partial charge is 0.495 e. The zero-order chi connectivity index (χ0) is 19.8. The van der Waals surface area contributed by atoms with Crippen LogP contribution in [0.3, 0.4) is 0 Å². The van der Waals surface area contributed by atoms with E-state index >= 15 is 0 Å². The summed E-state index contributed by atoms with van der Waals surface area (Å²) in [7, 11) is 1.52. The predicted octanol–water partition coefficient (Wildman–Crippen LogP) is 4.25. The summed E-state index contributed by atoms with van der Waals surface area (Å²) < 4.78 is 5.04. The highest BCUT2D eigenvalue weighted by Crippen LogP contribution is 2.44. The van der Waals surface area contributed by atoms with Gasteiger partial charge in [0.15, 0.2) is 0 Å². The van der Waals surface area contributed by atoms with Crippen molar-refractivity contribution in [1.29, 1.82) is 0 Å². The molecule has 27 heavy (non-hydrogen) atoms. The number of methoxy groups -OCH3 is 1. The van der Waals surface area contributed by atoms with Crippen LogP contribution in [0.25, 0.3) is 0 Å². The second kappa shape index (κ2) is 7.31. The van der Waals surface area contributed by atoms with E-state index in [-0.39, 0.29) is 16.7 Å². The van der Waals surface area contributed by atoms with Crippen LogP contribution < -0.4 is 10.1 Å². The summed E-state index contributed by atoms with van der Waals surface area (Å²) in [6.07, 6.45) is 3.99. The molecule has 1 amide bonds. The maximum atomic E-state index is 12.5. The number of aromatic nitrogens is 1. The second-order valence-electron chi connectivity index (χ2n) is 7.86. The Kier molecular flexibility index (Phi) is 5.24. The van der Waals surface area contributed by atoms with E-state index < -0.39 is 11.9 Å². The highest BCUT2D eigenvalue weighted by molar-refractivity contribution is 7.17. The third-order valence-corrected chi connectivity index (χ3v) is 6.31. The molecule has 0 aliphatic heterocycles. The molecule has 1 aliphatic carbocycles. The van der Waals surface area contributed by atoms with Crippen molar-refractivity contribution in [2.75, 3.05) is 12.4 Å². The Balaban J connectivity index is 1.88. The van der Waals surface area contributed by atoms with Crippen molar-refractivity contribution < 1.29 is 19.4 Å². The van der Waals surface area contributed by atoms with Crippen LogP contribution in [0.2, 0.25) is 0 Å². The van der Waals surface area contributed by atoms with Crippen molar-refractivity contribution in [1.82, 2.24) is 4.98 Å². The minimum absolute atomic E-state index is 0.168. The smallest absolute Gasteiger partial charge is 0.339 e. The molecule has 1 atom stereocenters. The molecule has 0 fully saturated rings. The lowest BCUT2D eigenvalue weighted by molar-refractivity contribution is 0.0696. The number of hydrogen-bond donors (Lipinski definition) is 2. The van der Waals surface area contributed by atoms with E-state index in [0.29, 0.717) is 16.7 Å². The zero-order valence-corrected chi connectivity index (χ0v) is 16.8. The maximum Gasteiger partial charge on any atom is 0.339 e. The number of fused-ring (bicyclic) bond motifs is 1. The summed E-state index contributed by atoms with van der Waals surface area (Å²) in [6.45, 7) is 6.64. The van der Waals surface area contributed by atoms with Crippen LogP contribution in [-0.4, -0.2) is 29.1 Å². The first-order valence-corrected chi connectivity index (χ1v) is 9.71. The molecule has 144 valence electrons. The molecule has 3 rings (SSSR count). The number of carboxylic acid groups (broad SMARTS) is 1. The standard InChI is InChI=1S/C20H24N2O4S/c1-20(2,3)11-5-7-13-15(9-11)27-18(16(13)19(24)25)22-17(23)14-8-6-12(26-4)10-21-14/h6,8,10-11H,5,7,9H2,1-4H3,(H,22,23)(H,24,25). The van der Waals surface area contributed by atoms with Gasteiger partial charge in [-0.15, -0.1) is 11.3 Å². The summed E-state index contributed by atoms with van der Waals surface area (Å²) in [5.74, 6) is -0.375. The van der Waals surface area contributed by atoms with E-state index in [1.165, 1.54) is 24.6 Å². The number of anilines is 1. The lowest BCUT2D eigenvalue weighted by atomic mass is 9.72. The van der Waals surface area contributed by atoms with E-state index in [4.69, 9.17) is 4.74 Å². The first-order valence-electron chi connectivity index (χ1n) is 8.90. The third-order valence-electron chi connectivity index (χ3n) is 5.14. The fourth-order valence-corrected chi connectivity index (χ4v) is 4.76. The van der Waals surface area contributed by atoms with E-state index in [0.717, 1.165) is 29.7 Å². The summed E-state index contributed by atoms with van der Waals surface area (Å²) >= 11 is 1.38. The molecular weight excluding hydrogens is 364 g/mol. The molecule has 0 radical (unpaired) electrons. The third kappa shape index (κ3) is 3.98. The van der Waals surface area contributed by atoms with Gasteiger partial charge in [0.05, 0.1) is 18.9 Å². The molecule has 7 heteroatoms. The quantitative estimate of drug-likeness (QED) is 0.817. The number of rotatable bonds is 4. The van der Waals surface area contributed by atoms with Gasteiger partial charge in [-0.1, -0.05) is 20.8 Å². The predicted molar refractivity (Wildman–Crippen MR) is 105 cm³/mol. The monoisotopic (exact) mass is 388 g/mol. The molecule has 2 aromatic rings. The van der Waals surface area contributed by atoms with E-state index in [1.807, 2.05) is 0 Å². The number of ether oxygens (including phenoxy) is 1. The highest BCUT2D eigenvalue weighted by atomic mass is 32.1. The van der Waals surface area contributed by atoms with Crippen LogP contribution in [0, 0.1) is 11.3 Å². The van der Waals surface area contributed by atoms with Crippen LogP contribution in [0.1, 0.15) is 58.5 Å². The molecule has 1 unspecified atom stereocenters. The average Bonchev–Trinajstić information content (AvgIpc) is 2.98. The molecule has 2 heterocycles. The Hall–Kier alpha value is -2.41. The number of aromatic carboxylic acids is 1. The minimum atomic E-state index is -1.00. The molecule has 2 aromatic heterocycles. The summed E-state index contributed by atoms with van der Waals surface area (Å²) in [5.41, 5.74) is 1.47. The van der Waals surface area contributed by atoms with Gasteiger partial charge >= 0.3 is 5.97 Å². The number of thiophene rings is 1. The Morgan fingerprint density at radius 1 is 1.33 bits per heavy atom. The summed E-state index contributed by atoms with van der Waals surface area (Å²) in [4.78, 5) is 29.5. The Morgan fingerprint density at radius 3 is 2.63 bits per heavy atom. The average molecular weight is 388 g/mol. The van der Waals surface area contributed by atoms with Gasteiger partial charge in [-0.05, 0) is 48.3 Å². The highest BCUT2D eigenvalue weighted by Gasteiger charge is 2.34. The summed E-state index contributed by atoms with van der Waals surface area (Å²) in [5, 5.41) is 12.9. The first kappa shape index (κ1) is 19.4. The molecule has 6 nitrogen and oxygen atoms in total. The number of carbonyl (C=O) groups excluding carboxylic acids is 1. The molecule has 0 saturated carbocycles. The van der Waals surface area contributed by atoms with Crippen LogP contribution >= 0.6 is 11.3 Å². The normalized spacial score (nSPS) is 16.5. The van der Waals surface area contributed by atoms with Crippen molar-refractivity contribution in [3.05, 3.63) is 40.0 Å². The molecular formula is C20H24N2O4S. The molecule has 0 bridgehead atoms. The van der Waals surface area contributed by atoms with Crippen LogP contribution in [-0.2, 0) is 12.8 Å². The number of carboxylic acids is 1. The number of nitrogens with one attached hydrogen (secondary N) is 1. The van der Waals surface area contributed by atoms with Crippen LogP contribution in [0.15, 0.2) is 18.3 Å². The fraction of sp³-hybridized carbons (Fsp3) is 0.450. The molecule has 1 aliphatic rings. The van der Waals surface area contributed by atoms with Crippen molar-refractivity contribution >= 4 is 28.2 Å². The first-order chi connectivity index (χ1) is 12.7. The van der Waals surface area contributed by atoms with Crippen molar-refractivity contribution in [3.63, 3.8) is 0 Å². The van der Waals surface area contributed by atoms with Crippen LogP contribution in [0.4, 0.5) is 5.00 Å². The lowest BCUT2D eigenvalue weighted by Gasteiger charge is -2.33. The topological polar surface area (TPSA) is 88.5 Å². The maximum absolute atomic E-state index is 12.5. The van der Waals surface area contributed by atoms with Gasteiger partial charge in [-0.25, -0.2) is 9.78 Å². The fourth-order valence-electron chi connectivity index (χ4n) is 3.44. The minimum Gasteiger partial charge on any atom is -0.495 e. The van der Waals surface area contributed by atoms with Gasteiger partial charge in [0, 0.05) is 4.88 Å². The number of amides is 1. The SMILES string of the molecule is COc1ccc(C(=O)Nc2sc3c(c2C(=O)O)CCC(C(C)(C)C)C3)nc1. The number of pyridine rings is 1. The lowest BCUT2D eigenvalue weighted by Crippen LogP contribution is -2.26. The van der Waals surface area contributed by atoms with Crippen molar-refractivity contribution in [2.24, 2.45) is 11.3 Å². The number of nitrogens with zero attached hydrogens (tertiary/aromatic N) is 1. The van der Waals surface area contributed by atoms with Crippen LogP contribution in [0.5, 0.6) is 5.75 Å². The van der Waals surface area contributed by atoms with Crippen molar-refractivity contribution in [3.8, 4) is 5.75 Å². The van der Waals surface area contributed by atoms with Gasteiger partial charge in [-0.2, -0.15) is 0 Å². The van der Waals surface area contributed by atoms with Gasteiger partial charge in [-0.3, -0.25) is 4.79 Å². The van der Waals surface area contributed by atoms with Gasteiger partial charge < -0.3 is 15.2 Å². The molecule has 0 spiro atoms. The van der Waals surface area contributed by atoms with Gasteiger partial charge in [0.2, 0.25) is 0 Å². The molecule has 2 N–H and O–H groups in total. The van der Waals surface area contributed by atoms with E-state index in [1.54, 1.807) is 12.1 Å². The van der Waals surface area contributed by atoms with E-state index in [9.17, 15) is 14.7 Å². The zero-order valence-electron chi connectivity index (χ0n) is 16.0. The Morgan fingerprint density at radius 2 is 2.07 bits per heavy atom. The second-order valence-corrected chi connectivity index (χ2v) is 8.96. The van der Waals surface area contributed by atoms with E-state index in [2.05, 4.69) is 31.1 Å². The Labute approximate surface area is 162 Å². The number of carbonyl (C=O) groups is 2. The summed E-state index contributed by atoms with van der Waals surface area (Å²) in [6, 6.07) is 3.20. The van der Waals surface area contributed by atoms with Gasteiger partial charge in [0.1, 0.15) is 16.4 Å². The van der Waals surface area contributed by atoms with Crippen molar-refractivity contribution in [2.45, 2.75) is 40.0 Å². The number of hydrogen-bond acceptors (Lipinski definition) is 5. The molecule has 0 saturated heterocycles. The molecule has 0 aromatic carbocycles. The van der Waals surface area contributed by atoms with Gasteiger partial charge in [0.25, 0.3) is 5.91 Å².